The molecule has 1 aliphatic heterocycles. The molecule has 0 aliphatic carbocycles. The van der Waals surface area contributed by atoms with Gasteiger partial charge >= 0.3 is 6.36 Å². The SMILES string of the molecule is CN(C)CCNc1cc(N2CCc3ccc(OC(F)(F)F)cc3C2)ncn1. The summed E-state index contributed by atoms with van der Waals surface area (Å²) in [4.78, 5) is 12.6. The van der Waals surface area contributed by atoms with Gasteiger partial charge in [0, 0.05) is 32.2 Å². The van der Waals surface area contributed by atoms with Gasteiger partial charge in [-0.15, -0.1) is 13.2 Å². The molecule has 3 rings (SSSR count). The lowest BCUT2D eigenvalue weighted by Crippen LogP contribution is -2.31. The van der Waals surface area contributed by atoms with Crippen molar-refractivity contribution in [1.82, 2.24) is 14.9 Å². The molecule has 0 amide bonds. The molecule has 0 spiro atoms. The van der Waals surface area contributed by atoms with Crippen molar-refractivity contribution in [3.8, 4) is 5.75 Å². The lowest BCUT2D eigenvalue weighted by molar-refractivity contribution is -0.274. The molecule has 6 nitrogen and oxygen atoms in total. The van der Waals surface area contributed by atoms with Gasteiger partial charge in [-0.25, -0.2) is 9.97 Å². The zero-order chi connectivity index (χ0) is 19.4. The Morgan fingerprint density at radius 2 is 2.00 bits per heavy atom. The maximum atomic E-state index is 12.5. The van der Waals surface area contributed by atoms with E-state index in [-0.39, 0.29) is 5.75 Å². The molecular weight excluding hydrogens is 359 g/mol. The minimum Gasteiger partial charge on any atom is -0.406 e. The lowest BCUT2D eigenvalue weighted by atomic mass is 9.99. The number of halogens is 3. The largest absolute Gasteiger partial charge is 0.573 e. The first-order valence-electron chi connectivity index (χ1n) is 8.63. The van der Waals surface area contributed by atoms with E-state index >= 15 is 0 Å². The molecule has 0 fully saturated rings. The number of fused-ring (bicyclic) bond motifs is 1. The predicted octanol–water partition coefficient (Wildman–Crippen LogP) is 2.91. The number of anilines is 2. The van der Waals surface area contributed by atoms with Gasteiger partial charge < -0.3 is 19.9 Å². The summed E-state index contributed by atoms with van der Waals surface area (Å²) >= 11 is 0. The van der Waals surface area contributed by atoms with Crippen molar-refractivity contribution in [3.63, 3.8) is 0 Å². The zero-order valence-corrected chi connectivity index (χ0v) is 15.3. The van der Waals surface area contributed by atoms with Crippen molar-refractivity contribution in [2.75, 3.05) is 43.9 Å². The second kappa shape index (κ2) is 7.99. The summed E-state index contributed by atoms with van der Waals surface area (Å²) in [5, 5.41) is 3.25. The average Bonchev–Trinajstić information content (AvgIpc) is 2.60. The van der Waals surface area contributed by atoms with E-state index in [1.165, 1.54) is 18.5 Å². The van der Waals surface area contributed by atoms with Crippen molar-refractivity contribution in [1.29, 1.82) is 0 Å². The second-order valence-corrected chi connectivity index (χ2v) is 6.64. The van der Waals surface area contributed by atoms with Crippen LogP contribution >= 0.6 is 0 Å². The highest BCUT2D eigenvalue weighted by molar-refractivity contribution is 5.51. The van der Waals surface area contributed by atoms with Gasteiger partial charge in [0.25, 0.3) is 0 Å². The minimum atomic E-state index is -4.69. The van der Waals surface area contributed by atoms with Gasteiger partial charge in [-0.05, 0) is 43.8 Å². The van der Waals surface area contributed by atoms with Gasteiger partial charge in [0.2, 0.25) is 0 Å². The maximum absolute atomic E-state index is 12.5. The molecule has 9 heteroatoms. The molecule has 2 aromatic rings. The van der Waals surface area contributed by atoms with E-state index in [2.05, 4.69) is 24.9 Å². The maximum Gasteiger partial charge on any atom is 0.573 e. The molecule has 1 aromatic carbocycles. The smallest absolute Gasteiger partial charge is 0.406 e. The number of alkyl halides is 3. The van der Waals surface area contributed by atoms with Gasteiger partial charge in [0.05, 0.1) is 0 Å². The number of likely N-dealkylation sites (N-methyl/N-ethyl adjacent to an activating group) is 1. The lowest BCUT2D eigenvalue weighted by Gasteiger charge is -2.30. The number of hydrogen-bond donors (Lipinski definition) is 1. The molecule has 1 aromatic heterocycles. The van der Waals surface area contributed by atoms with Crippen LogP contribution in [0.25, 0.3) is 0 Å². The van der Waals surface area contributed by atoms with Crippen LogP contribution in [0.15, 0.2) is 30.6 Å². The average molecular weight is 381 g/mol. The number of ether oxygens (including phenoxy) is 1. The van der Waals surface area contributed by atoms with E-state index in [1.54, 1.807) is 6.07 Å². The summed E-state index contributed by atoms with van der Waals surface area (Å²) in [6.07, 6.45) is -2.47. The topological polar surface area (TPSA) is 53.5 Å². The minimum absolute atomic E-state index is 0.197. The monoisotopic (exact) mass is 381 g/mol. The Balaban J connectivity index is 1.70. The van der Waals surface area contributed by atoms with Crippen LogP contribution < -0.4 is 15.0 Å². The number of rotatable bonds is 6. The third-order valence-electron chi connectivity index (χ3n) is 4.27. The Kier molecular flexibility index (Phi) is 5.69. The number of benzene rings is 1. The highest BCUT2D eigenvalue weighted by atomic mass is 19.4. The Hall–Kier alpha value is -2.55. The van der Waals surface area contributed by atoms with Gasteiger partial charge in [-0.1, -0.05) is 6.07 Å². The van der Waals surface area contributed by atoms with Gasteiger partial charge in [-0.2, -0.15) is 0 Å². The van der Waals surface area contributed by atoms with Gasteiger partial charge in [-0.3, -0.25) is 0 Å². The van der Waals surface area contributed by atoms with Gasteiger partial charge in [0.1, 0.15) is 23.7 Å². The molecule has 0 saturated heterocycles. The fraction of sp³-hybridized carbons (Fsp3) is 0.444. The fourth-order valence-corrected chi connectivity index (χ4v) is 2.95. The number of nitrogens with zero attached hydrogens (tertiary/aromatic N) is 4. The predicted molar refractivity (Wildman–Crippen MR) is 97.0 cm³/mol. The molecule has 0 bridgehead atoms. The van der Waals surface area contributed by atoms with E-state index in [9.17, 15) is 13.2 Å². The summed E-state index contributed by atoms with van der Waals surface area (Å²) in [6.45, 7) is 2.84. The second-order valence-electron chi connectivity index (χ2n) is 6.64. The zero-order valence-electron chi connectivity index (χ0n) is 15.3. The van der Waals surface area contributed by atoms with Crippen molar-refractivity contribution in [3.05, 3.63) is 41.7 Å². The van der Waals surface area contributed by atoms with Crippen LogP contribution in [-0.4, -0.2) is 55.0 Å². The third kappa shape index (κ3) is 5.46. The van der Waals surface area contributed by atoms with Crippen LogP contribution in [0.2, 0.25) is 0 Å². The summed E-state index contributed by atoms with van der Waals surface area (Å²) in [7, 11) is 3.99. The summed E-state index contributed by atoms with van der Waals surface area (Å²) in [6, 6.07) is 6.37. The molecule has 1 aliphatic rings. The summed E-state index contributed by atoms with van der Waals surface area (Å²) < 4.78 is 41.4. The number of nitrogens with one attached hydrogen (secondary N) is 1. The first-order valence-corrected chi connectivity index (χ1v) is 8.63. The first-order chi connectivity index (χ1) is 12.8. The van der Waals surface area contributed by atoms with Crippen molar-refractivity contribution < 1.29 is 17.9 Å². The molecule has 0 unspecified atom stereocenters. The molecule has 1 N–H and O–H groups in total. The van der Waals surface area contributed by atoms with E-state index in [0.29, 0.717) is 6.54 Å². The molecular formula is C18H22F3N5O. The first kappa shape index (κ1) is 19.2. The van der Waals surface area contributed by atoms with E-state index in [1.807, 2.05) is 25.1 Å². The van der Waals surface area contributed by atoms with Crippen LogP contribution in [0.5, 0.6) is 5.75 Å². The normalized spacial score (nSPS) is 14.2. The van der Waals surface area contributed by atoms with E-state index in [4.69, 9.17) is 0 Å². The van der Waals surface area contributed by atoms with Gasteiger partial charge in [0.15, 0.2) is 0 Å². The Morgan fingerprint density at radius 1 is 1.19 bits per heavy atom. The Bertz CT molecular complexity index is 782. The van der Waals surface area contributed by atoms with Crippen LogP contribution in [0.4, 0.5) is 24.8 Å². The fourth-order valence-electron chi connectivity index (χ4n) is 2.95. The van der Waals surface area contributed by atoms with E-state index < -0.39 is 6.36 Å². The van der Waals surface area contributed by atoms with Crippen LogP contribution in [-0.2, 0) is 13.0 Å². The Labute approximate surface area is 156 Å². The molecule has 0 saturated carbocycles. The van der Waals surface area contributed by atoms with Crippen LogP contribution in [0.1, 0.15) is 11.1 Å². The van der Waals surface area contributed by atoms with Crippen molar-refractivity contribution >= 4 is 11.6 Å². The molecule has 27 heavy (non-hydrogen) atoms. The van der Waals surface area contributed by atoms with Crippen LogP contribution in [0.3, 0.4) is 0 Å². The summed E-state index contributed by atoms with van der Waals surface area (Å²) in [5.74, 6) is 1.27. The van der Waals surface area contributed by atoms with E-state index in [0.717, 1.165) is 48.8 Å². The van der Waals surface area contributed by atoms with Crippen molar-refractivity contribution in [2.24, 2.45) is 0 Å². The molecule has 0 radical (unpaired) electrons. The molecule has 146 valence electrons. The van der Waals surface area contributed by atoms with Crippen LogP contribution in [0, 0.1) is 0 Å². The standard InChI is InChI=1S/C18H22F3N5O/c1-25(2)8-6-22-16-10-17(24-12-23-16)26-7-5-13-3-4-15(9-14(13)11-26)27-18(19,20)21/h3-4,9-10,12H,5-8,11H2,1-2H3,(H,22,23,24). The summed E-state index contributed by atoms with van der Waals surface area (Å²) in [5.41, 5.74) is 1.84. The number of hydrogen-bond acceptors (Lipinski definition) is 6. The molecule has 2 heterocycles. The number of aromatic nitrogens is 2. The highest BCUT2D eigenvalue weighted by Crippen LogP contribution is 2.29. The highest BCUT2D eigenvalue weighted by Gasteiger charge is 2.31. The molecule has 0 atom stereocenters. The van der Waals surface area contributed by atoms with Crippen molar-refractivity contribution in [2.45, 2.75) is 19.3 Å². The quantitative estimate of drug-likeness (QED) is 0.831. The third-order valence-corrected chi connectivity index (χ3v) is 4.27. The Morgan fingerprint density at radius 3 is 2.74 bits per heavy atom.